The Morgan fingerprint density at radius 3 is 2.41 bits per heavy atom. The standard InChI is InChI=1S/C13H20ClNO2/c1-7-6-10(17-5)11(8(2)12(7)14)13(15-4)9(3)16/h6,9,13,15-16H,1-5H3. The fraction of sp³-hybridized carbons (Fsp3) is 0.538. The van der Waals surface area contributed by atoms with Crippen molar-refractivity contribution in [2.75, 3.05) is 14.2 Å². The smallest absolute Gasteiger partial charge is 0.124 e. The van der Waals surface area contributed by atoms with Crippen LogP contribution in [0, 0.1) is 13.8 Å². The molecule has 2 N–H and O–H groups in total. The van der Waals surface area contributed by atoms with E-state index in [9.17, 15) is 5.11 Å². The number of benzene rings is 1. The Morgan fingerprint density at radius 1 is 1.41 bits per heavy atom. The first-order valence-corrected chi connectivity index (χ1v) is 6.00. The second kappa shape index (κ2) is 5.71. The fourth-order valence-corrected chi connectivity index (χ4v) is 2.28. The summed E-state index contributed by atoms with van der Waals surface area (Å²) >= 11 is 6.25. The lowest BCUT2D eigenvalue weighted by Crippen LogP contribution is -2.28. The molecule has 17 heavy (non-hydrogen) atoms. The van der Waals surface area contributed by atoms with Crippen LogP contribution in [0.15, 0.2) is 6.07 Å². The maximum Gasteiger partial charge on any atom is 0.124 e. The minimum absolute atomic E-state index is 0.192. The molecular formula is C13H20ClNO2. The molecule has 0 heterocycles. The number of aliphatic hydroxyl groups is 1. The summed E-state index contributed by atoms with van der Waals surface area (Å²) in [6.07, 6.45) is -0.522. The number of methoxy groups -OCH3 is 1. The van der Waals surface area contributed by atoms with Crippen LogP contribution in [0.1, 0.15) is 29.7 Å². The van der Waals surface area contributed by atoms with E-state index in [2.05, 4.69) is 5.32 Å². The van der Waals surface area contributed by atoms with Gasteiger partial charge in [0, 0.05) is 10.6 Å². The zero-order chi connectivity index (χ0) is 13.2. The minimum Gasteiger partial charge on any atom is -0.496 e. The van der Waals surface area contributed by atoms with Gasteiger partial charge < -0.3 is 15.2 Å². The van der Waals surface area contributed by atoms with Crippen molar-refractivity contribution < 1.29 is 9.84 Å². The predicted molar refractivity (Wildman–Crippen MR) is 71.0 cm³/mol. The van der Waals surface area contributed by atoms with E-state index in [1.165, 1.54) is 0 Å². The lowest BCUT2D eigenvalue weighted by atomic mass is 9.94. The van der Waals surface area contributed by atoms with Crippen LogP contribution in [-0.4, -0.2) is 25.4 Å². The predicted octanol–water partition coefficient (Wildman–Crippen LogP) is 2.61. The van der Waals surface area contributed by atoms with Crippen molar-refractivity contribution in [1.82, 2.24) is 5.32 Å². The Morgan fingerprint density at radius 2 is 2.00 bits per heavy atom. The highest BCUT2D eigenvalue weighted by Crippen LogP contribution is 2.36. The number of aryl methyl sites for hydroxylation is 1. The molecule has 0 saturated carbocycles. The summed E-state index contributed by atoms with van der Waals surface area (Å²) < 4.78 is 5.39. The summed E-state index contributed by atoms with van der Waals surface area (Å²) in [5.41, 5.74) is 2.84. The van der Waals surface area contributed by atoms with Gasteiger partial charge in [0.25, 0.3) is 0 Å². The molecule has 2 unspecified atom stereocenters. The van der Waals surface area contributed by atoms with Crippen LogP contribution in [0.5, 0.6) is 5.75 Å². The average Bonchev–Trinajstić information content (AvgIpc) is 2.29. The lowest BCUT2D eigenvalue weighted by molar-refractivity contribution is 0.148. The molecule has 1 rings (SSSR count). The third-order valence-electron chi connectivity index (χ3n) is 3.02. The fourth-order valence-electron chi connectivity index (χ4n) is 2.12. The Bertz CT molecular complexity index is 405. The molecule has 0 bridgehead atoms. The number of aliphatic hydroxyl groups excluding tert-OH is 1. The molecule has 0 fully saturated rings. The monoisotopic (exact) mass is 257 g/mol. The summed E-state index contributed by atoms with van der Waals surface area (Å²) in [6.45, 7) is 5.63. The topological polar surface area (TPSA) is 41.5 Å². The third kappa shape index (κ3) is 2.73. The van der Waals surface area contributed by atoms with E-state index in [1.807, 2.05) is 27.0 Å². The molecule has 1 aromatic rings. The van der Waals surface area contributed by atoms with Gasteiger partial charge in [-0.05, 0) is 45.0 Å². The number of hydrogen-bond acceptors (Lipinski definition) is 3. The molecule has 0 spiro atoms. The van der Waals surface area contributed by atoms with Crippen LogP contribution in [0.2, 0.25) is 5.02 Å². The molecule has 3 nitrogen and oxygen atoms in total. The highest BCUT2D eigenvalue weighted by atomic mass is 35.5. The Labute approximate surface area is 108 Å². The van der Waals surface area contributed by atoms with Gasteiger partial charge in [0.05, 0.1) is 19.3 Å². The van der Waals surface area contributed by atoms with Crippen LogP contribution < -0.4 is 10.1 Å². The zero-order valence-corrected chi connectivity index (χ0v) is 11.7. The van der Waals surface area contributed by atoms with Gasteiger partial charge in [-0.1, -0.05) is 11.6 Å². The maximum atomic E-state index is 9.81. The Hall–Kier alpha value is -0.770. The molecule has 0 aromatic heterocycles. The van der Waals surface area contributed by atoms with E-state index in [0.29, 0.717) is 0 Å². The summed E-state index contributed by atoms with van der Waals surface area (Å²) in [5.74, 6) is 0.754. The number of halogens is 1. The molecule has 2 atom stereocenters. The first kappa shape index (κ1) is 14.3. The quantitative estimate of drug-likeness (QED) is 0.871. The maximum absolute atomic E-state index is 9.81. The number of ether oxygens (including phenoxy) is 1. The molecule has 0 radical (unpaired) electrons. The van der Waals surface area contributed by atoms with Gasteiger partial charge in [-0.25, -0.2) is 0 Å². The molecular weight excluding hydrogens is 238 g/mol. The number of rotatable bonds is 4. The largest absolute Gasteiger partial charge is 0.496 e. The third-order valence-corrected chi connectivity index (χ3v) is 3.60. The van der Waals surface area contributed by atoms with Gasteiger partial charge in [-0.15, -0.1) is 0 Å². The highest BCUT2D eigenvalue weighted by molar-refractivity contribution is 6.32. The number of nitrogens with one attached hydrogen (secondary N) is 1. The first-order valence-electron chi connectivity index (χ1n) is 5.62. The summed E-state index contributed by atoms with van der Waals surface area (Å²) in [4.78, 5) is 0. The normalized spacial score (nSPS) is 14.5. The Kier molecular flexibility index (Phi) is 4.80. The molecule has 0 aliphatic rings. The summed E-state index contributed by atoms with van der Waals surface area (Å²) in [6, 6.07) is 1.71. The molecule has 4 heteroatoms. The van der Waals surface area contributed by atoms with Gasteiger partial charge in [-0.3, -0.25) is 0 Å². The van der Waals surface area contributed by atoms with Crippen molar-refractivity contribution >= 4 is 11.6 Å². The molecule has 96 valence electrons. The first-order chi connectivity index (χ1) is 7.93. The second-order valence-electron chi connectivity index (χ2n) is 4.26. The van der Waals surface area contributed by atoms with Gasteiger partial charge in [0.2, 0.25) is 0 Å². The van der Waals surface area contributed by atoms with Crippen LogP contribution in [0.25, 0.3) is 0 Å². The molecule has 0 aliphatic carbocycles. The second-order valence-corrected chi connectivity index (χ2v) is 4.63. The van der Waals surface area contributed by atoms with E-state index in [0.717, 1.165) is 27.5 Å². The van der Waals surface area contributed by atoms with Crippen molar-refractivity contribution in [1.29, 1.82) is 0 Å². The van der Waals surface area contributed by atoms with Crippen molar-refractivity contribution in [3.05, 3.63) is 27.8 Å². The average molecular weight is 258 g/mol. The van der Waals surface area contributed by atoms with Crippen molar-refractivity contribution in [3.63, 3.8) is 0 Å². The van der Waals surface area contributed by atoms with Crippen molar-refractivity contribution in [3.8, 4) is 5.75 Å². The van der Waals surface area contributed by atoms with Crippen molar-refractivity contribution in [2.45, 2.75) is 32.9 Å². The van der Waals surface area contributed by atoms with Gasteiger partial charge in [0.15, 0.2) is 0 Å². The van der Waals surface area contributed by atoms with E-state index in [-0.39, 0.29) is 6.04 Å². The molecule has 0 aliphatic heterocycles. The highest BCUT2D eigenvalue weighted by Gasteiger charge is 2.23. The molecule has 0 saturated heterocycles. The van der Waals surface area contributed by atoms with Crippen LogP contribution in [0.4, 0.5) is 0 Å². The van der Waals surface area contributed by atoms with Crippen molar-refractivity contribution in [2.24, 2.45) is 0 Å². The summed E-state index contributed by atoms with van der Waals surface area (Å²) in [5, 5.41) is 13.6. The van der Waals surface area contributed by atoms with E-state index < -0.39 is 6.10 Å². The van der Waals surface area contributed by atoms with Crippen LogP contribution >= 0.6 is 11.6 Å². The zero-order valence-electron chi connectivity index (χ0n) is 11.0. The van der Waals surface area contributed by atoms with Crippen LogP contribution in [0.3, 0.4) is 0 Å². The van der Waals surface area contributed by atoms with Gasteiger partial charge >= 0.3 is 0 Å². The van der Waals surface area contributed by atoms with Gasteiger partial charge in [-0.2, -0.15) is 0 Å². The molecule has 1 aromatic carbocycles. The minimum atomic E-state index is -0.522. The van der Waals surface area contributed by atoms with Gasteiger partial charge in [0.1, 0.15) is 5.75 Å². The summed E-state index contributed by atoms with van der Waals surface area (Å²) in [7, 11) is 3.43. The number of likely N-dealkylation sites (N-methyl/N-ethyl adjacent to an activating group) is 1. The van der Waals surface area contributed by atoms with E-state index in [4.69, 9.17) is 16.3 Å². The van der Waals surface area contributed by atoms with Crippen LogP contribution in [-0.2, 0) is 0 Å². The Balaban J connectivity index is 3.44. The lowest BCUT2D eigenvalue weighted by Gasteiger charge is -2.25. The molecule has 0 amide bonds. The van der Waals surface area contributed by atoms with E-state index >= 15 is 0 Å². The van der Waals surface area contributed by atoms with E-state index in [1.54, 1.807) is 14.0 Å². The number of hydrogen-bond donors (Lipinski definition) is 2. The SMILES string of the molecule is CNC(c1c(OC)cc(C)c(Cl)c1C)C(C)O.